The van der Waals surface area contributed by atoms with Crippen molar-refractivity contribution >= 4 is 39.0 Å². The van der Waals surface area contributed by atoms with Crippen molar-refractivity contribution in [1.82, 2.24) is 9.97 Å². The van der Waals surface area contributed by atoms with Gasteiger partial charge < -0.3 is 5.32 Å². The quantitative estimate of drug-likeness (QED) is 0.749. The van der Waals surface area contributed by atoms with Crippen molar-refractivity contribution in [2.45, 2.75) is 33.1 Å². The lowest BCUT2D eigenvalue weighted by Crippen LogP contribution is -2.17. The molecule has 1 aromatic heterocycles. The molecule has 0 saturated heterocycles. The molecule has 20 heavy (non-hydrogen) atoms. The number of anilines is 2. The minimum atomic E-state index is -0.115. The Morgan fingerprint density at radius 3 is 2.50 bits per heavy atom. The van der Waals surface area contributed by atoms with Crippen LogP contribution in [-0.4, -0.2) is 9.97 Å². The monoisotopic (exact) mass is 353 g/mol. The summed E-state index contributed by atoms with van der Waals surface area (Å²) < 4.78 is 0.754. The molecule has 0 amide bonds. The predicted octanol–water partition coefficient (Wildman–Crippen LogP) is 5.24. The third kappa shape index (κ3) is 3.49. The molecule has 0 aliphatic rings. The van der Waals surface area contributed by atoms with Crippen LogP contribution in [0, 0.1) is 6.92 Å². The molecule has 0 fully saturated rings. The van der Waals surface area contributed by atoms with E-state index in [0.29, 0.717) is 5.02 Å². The molecule has 0 radical (unpaired) electrons. The van der Waals surface area contributed by atoms with E-state index in [0.717, 1.165) is 27.5 Å². The summed E-state index contributed by atoms with van der Waals surface area (Å²) in [4.78, 5) is 9.00. The number of hydrogen-bond acceptors (Lipinski definition) is 3. The molecule has 1 heterocycles. The summed E-state index contributed by atoms with van der Waals surface area (Å²) in [6.45, 7) is 8.26. The molecule has 0 unspecified atom stereocenters. The van der Waals surface area contributed by atoms with Crippen LogP contribution in [0.5, 0.6) is 0 Å². The van der Waals surface area contributed by atoms with E-state index < -0.39 is 0 Å². The van der Waals surface area contributed by atoms with Gasteiger partial charge in [0, 0.05) is 11.5 Å². The summed E-state index contributed by atoms with van der Waals surface area (Å²) in [6.07, 6.45) is 0. The van der Waals surface area contributed by atoms with Crippen molar-refractivity contribution in [3.8, 4) is 0 Å². The first-order valence-corrected chi connectivity index (χ1v) is 7.51. The van der Waals surface area contributed by atoms with E-state index in [4.69, 9.17) is 11.6 Å². The molecule has 0 atom stereocenters. The van der Waals surface area contributed by atoms with Gasteiger partial charge in [-0.25, -0.2) is 9.97 Å². The average Bonchev–Trinajstić information content (AvgIpc) is 2.32. The van der Waals surface area contributed by atoms with Gasteiger partial charge in [-0.1, -0.05) is 44.5 Å². The van der Waals surface area contributed by atoms with Gasteiger partial charge in [0.1, 0.15) is 16.2 Å². The van der Waals surface area contributed by atoms with Gasteiger partial charge in [0.2, 0.25) is 0 Å². The van der Waals surface area contributed by atoms with Gasteiger partial charge in [-0.3, -0.25) is 0 Å². The van der Waals surface area contributed by atoms with Gasteiger partial charge in [0.05, 0.1) is 10.7 Å². The summed E-state index contributed by atoms with van der Waals surface area (Å²) >= 11 is 9.66. The number of aromatic nitrogens is 2. The third-order valence-corrected chi connectivity index (χ3v) is 3.56. The SMILES string of the molecule is Cc1cccc(Cl)c1Nc1cc(Br)nc(C(C)(C)C)n1. The molecule has 0 aliphatic carbocycles. The Morgan fingerprint density at radius 1 is 1.20 bits per heavy atom. The highest BCUT2D eigenvalue weighted by atomic mass is 79.9. The highest BCUT2D eigenvalue weighted by Crippen LogP contribution is 2.30. The molecular formula is C15H17BrClN3. The zero-order chi connectivity index (χ0) is 14.9. The van der Waals surface area contributed by atoms with Crippen LogP contribution in [0.25, 0.3) is 0 Å². The van der Waals surface area contributed by atoms with Crippen LogP contribution in [-0.2, 0) is 5.41 Å². The van der Waals surface area contributed by atoms with E-state index in [1.807, 2.05) is 31.2 Å². The van der Waals surface area contributed by atoms with E-state index >= 15 is 0 Å². The van der Waals surface area contributed by atoms with Crippen LogP contribution in [0.2, 0.25) is 5.02 Å². The highest BCUT2D eigenvalue weighted by Gasteiger charge is 2.19. The van der Waals surface area contributed by atoms with Crippen LogP contribution in [0.3, 0.4) is 0 Å². The lowest BCUT2D eigenvalue weighted by atomic mass is 9.96. The molecule has 106 valence electrons. The Kier molecular flexibility index (Phi) is 4.35. The first-order chi connectivity index (χ1) is 9.27. The number of benzene rings is 1. The largest absolute Gasteiger partial charge is 0.339 e. The topological polar surface area (TPSA) is 37.8 Å². The molecule has 0 aliphatic heterocycles. The third-order valence-electron chi connectivity index (χ3n) is 2.84. The summed E-state index contributed by atoms with van der Waals surface area (Å²) in [5.41, 5.74) is 1.83. The molecule has 1 N–H and O–H groups in total. The van der Waals surface area contributed by atoms with E-state index in [9.17, 15) is 0 Å². The fourth-order valence-electron chi connectivity index (χ4n) is 1.74. The maximum Gasteiger partial charge on any atom is 0.137 e. The van der Waals surface area contributed by atoms with Crippen LogP contribution >= 0.6 is 27.5 Å². The molecule has 0 saturated carbocycles. The Hall–Kier alpha value is -1.13. The van der Waals surface area contributed by atoms with Crippen molar-refractivity contribution in [3.05, 3.63) is 45.3 Å². The molecule has 2 aromatic rings. The molecule has 0 bridgehead atoms. The number of hydrogen-bond donors (Lipinski definition) is 1. The maximum atomic E-state index is 6.23. The number of aryl methyl sites for hydroxylation is 1. The van der Waals surface area contributed by atoms with Crippen molar-refractivity contribution < 1.29 is 0 Å². The highest BCUT2D eigenvalue weighted by molar-refractivity contribution is 9.10. The molecule has 2 rings (SSSR count). The second kappa shape index (κ2) is 5.70. The van der Waals surface area contributed by atoms with Crippen molar-refractivity contribution in [3.63, 3.8) is 0 Å². The Bertz CT molecular complexity index is 615. The van der Waals surface area contributed by atoms with E-state index in [-0.39, 0.29) is 5.41 Å². The Balaban J connectivity index is 2.42. The predicted molar refractivity (Wildman–Crippen MR) is 87.9 cm³/mol. The molecule has 3 nitrogen and oxygen atoms in total. The molecule has 5 heteroatoms. The van der Waals surface area contributed by atoms with Crippen molar-refractivity contribution in [1.29, 1.82) is 0 Å². The van der Waals surface area contributed by atoms with Gasteiger partial charge in [-0.2, -0.15) is 0 Å². The van der Waals surface area contributed by atoms with E-state index in [2.05, 4.69) is 52.0 Å². The fraction of sp³-hybridized carbons (Fsp3) is 0.333. The minimum absolute atomic E-state index is 0.115. The first-order valence-electron chi connectivity index (χ1n) is 6.34. The van der Waals surface area contributed by atoms with Gasteiger partial charge >= 0.3 is 0 Å². The number of nitrogens with zero attached hydrogens (tertiary/aromatic N) is 2. The average molecular weight is 355 g/mol. The van der Waals surface area contributed by atoms with Crippen LogP contribution < -0.4 is 5.32 Å². The van der Waals surface area contributed by atoms with Crippen LogP contribution in [0.15, 0.2) is 28.9 Å². The first kappa shape index (κ1) is 15.3. The fourth-order valence-corrected chi connectivity index (χ4v) is 2.39. The van der Waals surface area contributed by atoms with E-state index in [1.54, 1.807) is 0 Å². The second-order valence-corrected chi connectivity index (χ2v) is 6.93. The van der Waals surface area contributed by atoms with Gasteiger partial charge in [0.25, 0.3) is 0 Å². The normalized spacial score (nSPS) is 11.5. The number of para-hydroxylation sites is 1. The lowest BCUT2D eigenvalue weighted by Gasteiger charge is -2.18. The molecule has 1 aromatic carbocycles. The summed E-state index contributed by atoms with van der Waals surface area (Å²) in [5, 5.41) is 3.96. The minimum Gasteiger partial charge on any atom is -0.339 e. The summed E-state index contributed by atoms with van der Waals surface area (Å²) in [7, 11) is 0. The zero-order valence-corrected chi connectivity index (χ0v) is 14.3. The Morgan fingerprint density at radius 2 is 1.90 bits per heavy atom. The van der Waals surface area contributed by atoms with Crippen molar-refractivity contribution in [2.75, 3.05) is 5.32 Å². The van der Waals surface area contributed by atoms with Crippen molar-refractivity contribution in [2.24, 2.45) is 0 Å². The molecule has 0 spiro atoms. The van der Waals surface area contributed by atoms with Gasteiger partial charge in [0.15, 0.2) is 0 Å². The summed E-state index contributed by atoms with van der Waals surface area (Å²) in [6, 6.07) is 7.64. The molecular weight excluding hydrogens is 338 g/mol. The van der Waals surface area contributed by atoms with E-state index in [1.165, 1.54) is 0 Å². The smallest absolute Gasteiger partial charge is 0.137 e. The second-order valence-electron chi connectivity index (χ2n) is 5.71. The standard InChI is InChI=1S/C15H17BrClN3/c1-9-6-5-7-10(17)13(9)19-12-8-11(16)18-14(20-12)15(2,3)4/h5-8H,1-4H3,(H,18,19,20). The Labute approximate surface area is 132 Å². The number of halogens is 2. The summed E-state index contributed by atoms with van der Waals surface area (Å²) in [5.74, 6) is 1.51. The van der Waals surface area contributed by atoms with Crippen LogP contribution in [0.1, 0.15) is 32.2 Å². The number of nitrogens with one attached hydrogen (secondary N) is 1. The van der Waals surface area contributed by atoms with Gasteiger partial charge in [-0.05, 0) is 34.5 Å². The van der Waals surface area contributed by atoms with Crippen LogP contribution in [0.4, 0.5) is 11.5 Å². The maximum absolute atomic E-state index is 6.23. The zero-order valence-electron chi connectivity index (χ0n) is 12.0. The van der Waals surface area contributed by atoms with Gasteiger partial charge in [-0.15, -0.1) is 0 Å². The number of rotatable bonds is 2. The lowest BCUT2D eigenvalue weighted by molar-refractivity contribution is 0.544.